The van der Waals surface area contributed by atoms with Crippen LogP contribution in [0.25, 0.3) is 0 Å². The molecule has 0 bridgehead atoms. The zero-order valence-corrected chi connectivity index (χ0v) is 12.6. The number of unbranched alkanes of at least 4 members (excludes halogenated alkanes) is 2. The summed E-state index contributed by atoms with van der Waals surface area (Å²) in [7, 11) is 2.24. The first-order valence-corrected chi connectivity index (χ1v) is 7.94. The summed E-state index contributed by atoms with van der Waals surface area (Å²) in [6.45, 7) is 9.15. The molecular weight excluding hydrogens is 216 g/mol. The van der Waals surface area contributed by atoms with Crippen LogP contribution in [0.5, 0.6) is 0 Å². The number of rotatable bonds is 10. The van der Waals surface area contributed by atoms with Crippen molar-refractivity contribution in [3.05, 3.63) is 0 Å². The largest absolute Gasteiger partial charge is 0.315 e. The van der Waals surface area contributed by atoms with E-state index in [0.29, 0.717) is 12.1 Å². The topological polar surface area (TPSA) is 15.3 Å². The Hall–Kier alpha value is 0.270. The first-order valence-electron chi connectivity index (χ1n) is 6.55. The van der Waals surface area contributed by atoms with E-state index in [-0.39, 0.29) is 0 Å². The Morgan fingerprint density at radius 3 is 2.44 bits per heavy atom. The van der Waals surface area contributed by atoms with Gasteiger partial charge in [0.1, 0.15) is 0 Å². The molecule has 2 nitrogen and oxygen atoms in total. The summed E-state index contributed by atoms with van der Waals surface area (Å²) >= 11 is 1.93. The van der Waals surface area contributed by atoms with Gasteiger partial charge in [0.2, 0.25) is 0 Å². The molecule has 3 heteroatoms. The number of hydrogen-bond acceptors (Lipinski definition) is 3. The molecule has 2 unspecified atom stereocenters. The fourth-order valence-corrected chi connectivity index (χ4v) is 2.47. The molecule has 0 heterocycles. The lowest BCUT2D eigenvalue weighted by atomic mass is 10.2. The SMILES string of the molecule is CCCCCNCC(C)N(C)C(C)CSC. The van der Waals surface area contributed by atoms with Crippen LogP contribution >= 0.6 is 11.8 Å². The van der Waals surface area contributed by atoms with Crippen molar-refractivity contribution >= 4 is 11.8 Å². The van der Waals surface area contributed by atoms with Crippen LogP contribution in [0, 0.1) is 0 Å². The normalized spacial score (nSPS) is 15.4. The molecule has 0 fully saturated rings. The maximum absolute atomic E-state index is 3.55. The van der Waals surface area contributed by atoms with Gasteiger partial charge >= 0.3 is 0 Å². The summed E-state index contributed by atoms with van der Waals surface area (Å²) < 4.78 is 0. The number of nitrogens with zero attached hydrogens (tertiary/aromatic N) is 1. The molecule has 0 aliphatic rings. The van der Waals surface area contributed by atoms with Gasteiger partial charge in [0.25, 0.3) is 0 Å². The smallest absolute Gasteiger partial charge is 0.0192 e. The highest BCUT2D eigenvalue weighted by Crippen LogP contribution is 2.07. The van der Waals surface area contributed by atoms with E-state index in [9.17, 15) is 0 Å². The Morgan fingerprint density at radius 2 is 1.88 bits per heavy atom. The average molecular weight is 246 g/mol. The predicted molar refractivity (Wildman–Crippen MR) is 77.5 cm³/mol. The van der Waals surface area contributed by atoms with E-state index in [4.69, 9.17) is 0 Å². The van der Waals surface area contributed by atoms with Crippen LogP contribution in [0.4, 0.5) is 0 Å². The molecule has 0 spiro atoms. The lowest BCUT2D eigenvalue weighted by Gasteiger charge is -2.30. The third kappa shape index (κ3) is 7.53. The van der Waals surface area contributed by atoms with Crippen molar-refractivity contribution in [3.63, 3.8) is 0 Å². The molecule has 0 aliphatic heterocycles. The van der Waals surface area contributed by atoms with Crippen molar-refractivity contribution in [2.45, 2.75) is 52.1 Å². The van der Waals surface area contributed by atoms with Gasteiger partial charge in [0, 0.05) is 24.4 Å². The van der Waals surface area contributed by atoms with Gasteiger partial charge in [-0.3, -0.25) is 4.90 Å². The molecule has 0 aromatic rings. The van der Waals surface area contributed by atoms with E-state index >= 15 is 0 Å². The Labute approximate surface area is 107 Å². The van der Waals surface area contributed by atoms with Gasteiger partial charge in [0.15, 0.2) is 0 Å². The lowest BCUT2D eigenvalue weighted by molar-refractivity contribution is 0.207. The third-order valence-corrected chi connectivity index (χ3v) is 4.01. The van der Waals surface area contributed by atoms with Crippen molar-refractivity contribution in [1.82, 2.24) is 10.2 Å². The Morgan fingerprint density at radius 1 is 1.19 bits per heavy atom. The van der Waals surface area contributed by atoms with Crippen molar-refractivity contribution in [3.8, 4) is 0 Å². The minimum absolute atomic E-state index is 0.628. The minimum atomic E-state index is 0.628. The van der Waals surface area contributed by atoms with Gasteiger partial charge in [-0.15, -0.1) is 0 Å². The number of nitrogens with one attached hydrogen (secondary N) is 1. The second kappa shape index (κ2) is 10.4. The first-order chi connectivity index (χ1) is 7.63. The number of likely N-dealkylation sites (N-methyl/N-ethyl adjacent to an activating group) is 1. The van der Waals surface area contributed by atoms with Gasteiger partial charge < -0.3 is 5.32 Å². The third-order valence-electron chi connectivity index (χ3n) is 3.20. The molecule has 16 heavy (non-hydrogen) atoms. The number of hydrogen-bond donors (Lipinski definition) is 1. The zero-order chi connectivity index (χ0) is 12.4. The summed E-state index contributed by atoms with van der Waals surface area (Å²) in [6.07, 6.45) is 6.15. The second-order valence-corrected chi connectivity index (χ2v) is 5.64. The zero-order valence-electron chi connectivity index (χ0n) is 11.8. The van der Waals surface area contributed by atoms with Gasteiger partial charge in [-0.1, -0.05) is 19.8 Å². The van der Waals surface area contributed by atoms with Crippen molar-refractivity contribution < 1.29 is 0 Å². The van der Waals surface area contributed by atoms with Gasteiger partial charge in [0.05, 0.1) is 0 Å². The Kier molecular flexibility index (Phi) is 10.6. The summed E-state index contributed by atoms with van der Waals surface area (Å²) in [4.78, 5) is 2.48. The lowest BCUT2D eigenvalue weighted by Crippen LogP contribution is -2.43. The fraction of sp³-hybridized carbons (Fsp3) is 1.00. The quantitative estimate of drug-likeness (QED) is 0.597. The molecule has 98 valence electrons. The standard InChI is InChI=1S/C13H30N2S/c1-6-7-8-9-14-10-12(2)15(4)13(3)11-16-5/h12-14H,6-11H2,1-5H3. The maximum Gasteiger partial charge on any atom is 0.0192 e. The van der Waals surface area contributed by atoms with Crippen LogP contribution in [0.2, 0.25) is 0 Å². The first kappa shape index (κ1) is 16.3. The summed E-state index contributed by atoms with van der Waals surface area (Å²) in [6, 6.07) is 1.30. The molecule has 0 rings (SSSR count). The molecule has 2 atom stereocenters. The van der Waals surface area contributed by atoms with Gasteiger partial charge in [-0.05, 0) is 40.1 Å². The van der Waals surface area contributed by atoms with E-state index in [1.54, 1.807) is 0 Å². The summed E-state index contributed by atoms with van der Waals surface area (Å²) in [5, 5.41) is 3.55. The summed E-state index contributed by atoms with van der Waals surface area (Å²) in [5.41, 5.74) is 0. The maximum atomic E-state index is 3.55. The van der Waals surface area contributed by atoms with E-state index in [0.717, 1.165) is 6.54 Å². The molecular formula is C13H30N2S. The molecule has 0 radical (unpaired) electrons. The Bertz CT molecular complexity index is 153. The van der Waals surface area contributed by atoms with Crippen LogP contribution in [-0.2, 0) is 0 Å². The van der Waals surface area contributed by atoms with E-state index < -0.39 is 0 Å². The van der Waals surface area contributed by atoms with E-state index in [2.05, 4.69) is 44.3 Å². The van der Waals surface area contributed by atoms with E-state index in [1.165, 1.54) is 31.6 Å². The van der Waals surface area contributed by atoms with Crippen molar-refractivity contribution in [2.24, 2.45) is 0 Å². The van der Waals surface area contributed by atoms with Crippen LogP contribution < -0.4 is 5.32 Å². The monoisotopic (exact) mass is 246 g/mol. The molecule has 0 aromatic carbocycles. The van der Waals surface area contributed by atoms with Crippen molar-refractivity contribution in [2.75, 3.05) is 32.1 Å². The Balaban J connectivity index is 3.58. The highest BCUT2D eigenvalue weighted by atomic mass is 32.2. The van der Waals surface area contributed by atoms with Gasteiger partial charge in [-0.25, -0.2) is 0 Å². The molecule has 1 N–H and O–H groups in total. The van der Waals surface area contributed by atoms with Crippen LogP contribution in [0.3, 0.4) is 0 Å². The van der Waals surface area contributed by atoms with Crippen LogP contribution in [0.15, 0.2) is 0 Å². The van der Waals surface area contributed by atoms with Crippen LogP contribution in [0.1, 0.15) is 40.0 Å². The minimum Gasteiger partial charge on any atom is -0.315 e. The average Bonchev–Trinajstić information content (AvgIpc) is 2.27. The highest BCUT2D eigenvalue weighted by Gasteiger charge is 2.14. The van der Waals surface area contributed by atoms with Crippen molar-refractivity contribution in [1.29, 1.82) is 0 Å². The van der Waals surface area contributed by atoms with Gasteiger partial charge in [-0.2, -0.15) is 11.8 Å². The number of thioether (sulfide) groups is 1. The molecule has 0 aromatic heterocycles. The molecule has 0 saturated heterocycles. The van der Waals surface area contributed by atoms with Crippen LogP contribution in [-0.4, -0.2) is 49.1 Å². The summed E-state index contributed by atoms with van der Waals surface area (Å²) in [5.74, 6) is 1.22. The molecule has 0 saturated carbocycles. The fourth-order valence-electron chi connectivity index (χ4n) is 1.75. The second-order valence-electron chi connectivity index (χ2n) is 4.73. The van der Waals surface area contributed by atoms with E-state index in [1.807, 2.05) is 11.8 Å². The molecule has 0 amide bonds. The highest BCUT2D eigenvalue weighted by molar-refractivity contribution is 7.98. The molecule has 0 aliphatic carbocycles. The predicted octanol–water partition coefficient (Wildman–Crippen LogP) is 2.84.